The van der Waals surface area contributed by atoms with E-state index in [1.54, 1.807) is 0 Å². The lowest BCUT2D eigenvalue weighted by Crippen LogP contribution is -2.10. The molecule has 0 aliphatic rings. The number of hydrogen-bond donors (Lipinski definition) is 1. The van der Waals surface area contributed by atoms with E-state index in [1.807, 2.05) is 0 Å². The first-order valence-corrected chi connectivity index (χ1v) is 6.41. The van der Waals surface area contributed by atoms with Crippen LogP contribution in [0.1, 0.15) is 60.9 Å². The van der Waals surface area contributed by atoms with E-state index in [0.717, 1.165) is 30.0 Å². The van der Waals surface area contributed by atoms with Crippen LogP contribution in [0.4, 0.5) is 0 Å². The van der Waals surface area contributed by atoms with Crippen molar-refractivity contribution in [2.24, 2.45) is 0 Å². The minimum atomic E-state index is -0.848. The van der Waals surface area contributed by atoms with Crippen LogP contribution in [-0.4, -0.2) is 16.1 Å². The predicted molar refractivity (Wildman–Crippen MR) is 66.4 cm³/mol. The molecule has 1 N–H and O–H groups in total. The Balaban J connectivity index is 3.05. The number of aryl methyl sites for hydroxylation is 1. The topological polar surface area (TPSA) is 50.2 Å². The van der Waals surface area contributed by atoms with E-state index in [-0.39, 0.29) is 5.41 Å². The van der Waals surface area contributed by atoms with Crippen LogP contribution in [-0.2, 0) is 11.8 Å². The fourth-order valence-electron chi connectivity index (χ4n) is 1.35. The van der Waals surface area contributed by atoms with Crippen molar-refractivity contribution in [2.75, 3.05) is 0 Å². The second-order valence-electron chi connectivity index (χ2n) is 4.95. The van der Waals surface area contributed by atoms with E-state index in [2.05, 4.69) is 32.7 Å². The monoisotopic (exact) mass is 241 g/mol. The summed E-state index contributed by atoms with van der Waals surface area (Å²) in [5.74, 6) is -0.848. The molecule has 0 aliphatic carbocycles. The number of hydrogen-bond acceptors (Lipinski definition) is 3. The fourth-order valence-corrected chi connectivity index (χ4v) is 2.36. The number of aromatic carboxylic acids is 1. The van der Waals surface area contributed by atoms with Crippen LogP contribution in [0.2, 0.25) is 0 Å². The first kappa shape index (κ1) is 13.2. The molecule has 0 saturated heterocycles. The summed E-state index contributed by atoms with van der Waals surface area (Å²) in [6.07, 6.45) is 2.82. The van der Waals surface area contributed by atoms with Gasteiger partial charge in [0.1, 0.15) is 4.88 Å². The summed E-state index contributed by atoms with van der Waals surface area (Å²) in [4.78, 5) is 16.0. The average molecular weight is 241 g/mol. The van der Waals surface area contributed by atoms with Crippen molar-refractivity contribution in [3.63, 3.8) is 0 Å². The van der Waals surface area contributed by atoms with Gasteiger partial charge in [-0.3, -0.25) is 0 Å². The largest absolute Gasteiger partial charge is 0.477 e. The smallest absolute Gasteiger partial charge is 0.347 e. The highest BCUT2D eigenvalue weighted by Gasteiger charge is 2.23. The first-order chi connectivity index (χ1) is 7.36. The number of carboxylic acid groups (broad SMARTS) is 1. The van der Waals surface area contributed by atoms with Crippen LogP contribution in [0.5, 0.6) is 0 Å². The van der Waals surface area contributed by atoms with Gasteiger partial charge in [0.05, 0.1) is 10.7 Å². The van der Waals surface area contributed by atoms with Crippen LogP contribution in [0.25, 0.3) is 0 Å². The molecule has 90 valence electrons. The molecule has 0 spiro atoms. The summed E-state index contributed by atoms with van der Waals surface area (Å²) >= 11 is 1.31. The van der Waals surface area contributed by atoms with Crippen LogP contribution in [0, 0.1) is 0 Å². The van der Waals surface area contributed by atoms with Crippen molar-refractivity contribution < 1.29 is 9.90 Å². The summed E-state index contributed by atoms with van der Waals surface area (Å²) in [7, 11) is 0. The molecule has 0 aromatic carbocycles. The van der Waals surface area contributed by atoms with Crippen LogP contribution < -0.4 is 0 Å². The number of carbonyl (C=O) groups is 1. The van der Waals surface area contributed by atoms with E-state index in [4.69, 9.17) is 5.11 Å². The molecule has 4 heteroatoms. The summed E-state index contributed by atoms with van der Waals surface area (Å²) < 4.78 is 0. The Morgan fingerprint density at radius 3 is 2.50 bits per heavy atom. The quantitative estimate of drug-likeness (QED) is 0.878. The van der Waals surface area contributed by atoms with Gasteiger partial charge in [-0.1, -0.05) is 34.1 Å². The predicted octanol–water partition coefficient (Wildman–Crippen LogP) is 3.48. The summed E-state index contributed by atoms with van der Waals surface area (Å²) in [5.41, 5.74) is 0.684. The number of nitrogens with zero attached hydrogens (tertiary/aromatic N) is 1. The molecule has 0 atom stereocenters. The Morgan fingerprint density at radius 1 is 1.44 bits per heavy atom. The molecule has 0 amide bonds. The second-order valence-corrected chi connectivity index (χ2v) is 5.95. The average Bonchev–Trinajstić information content (AvgIpc) is 2.57. The van der Waals surface area contributed by atoms with Gasteiger partial charge in [0.15, 0.2) is 0 Å². The van der Waals surface area contributed by atoms with Crippen molar-refractivity contribution in [3.8, 4) is 0 Å². The highest BCUT2D eigenvalue weighted by Crippen LogP contribution is 2.30. The maximum absolute atomic E-state index is 11.1. The van der Waals surface area contributed by atoms with Gasteiger partial charge in [-0.2, -0.15) is 0 Å². The molecule has 0 radical (unpaired) electrons. The zero-order chi connectivity index (χ0) is 12.3. The maximum Gasteiger partial charge on any atom is 0.347 e. The van der Waals surface area contributed by atoms with E-state index < -0.39 is 5.97 Å². The van der Waals surface area contributed by atoms with Crippen LogP contribution >= 0.6 is 11.3 Å². The Bertz CT molecular complexity index is 377. The molecule has 0 fully saturated rings. The molecule has 0 aliphatic heterocycles. The van der Waals surface area contributed by atoms with Crippen molar-refractivity contribution in [3.05, 3.63) is 15.6 Å². The highest BCUT2D eigenvalue weighted by molar-refractivity contribution is 7.13. The zero-order valence-corrected chi connectivity index (χ0v) is 11.1. The lowest BCUT2D eigenvalue weighted by Gasteiger charge is -2.13. The Kier molecular flexibility index (Phi) is 4.08. The highest BCUT2D eigenvalue weighted by atomic mass is 32.1. The van der Waals surface area contributed by atoms with Crippen molar-refractivity contribution in [1.82, 2.24) is 4.98 Å². The van der Waals surface area contributed by atoms with E-state index in [9.17, 15) is 4.79 Å². The molecule has 3 nitrogen and oxygen atoms in total. The molecule has 1 heterocycles. The molecule has 1 aromatic heterocycles. The van der Waals surface area contributed by atoms with Crippen molar-refractivity contribution in [2.45, 2.75) is 52.4 Å². The molecule has 16 heavy (non-hydrogen) atoms. The van der Waals surface area contributed by atoms with Crippen LogP contribution in [0.3, 0.4) is 0 Å². The minimum Gasteiger partial charge on any atom is -0.477 e. The SMILES string of the molecule is CCCCc1nc(C(C)(C)C)sc1C(=O)O. The Hall–Kier alpha value is -0.900. The fraction of sp³-hybridized carbons (Fsp3) is 0.667. The van der Waals surface area contributed by atoms with Gasteiger partial charge in [-0.05, 0) is 12.8 Å². The lowest BCUT2D eigenvalue weighted by molar-refractivity contribution is 0.0700. The third-order valence-corrected chi connectivity index (χ3v) is 3.81. The Morgan fingerprint density at radius 2 is 2.06 bits per heavy atom. The summed E-state index contributed by atoms with van der Waals surface area (Å²) in [6.45, 7) is 8.26. The number of aromatic nitrogens is 1. The van der Waals surface area contributed by atoms with E-state index in [1.165, 1.54) is 11.3 Å². The first-order valence-electron chi connectivity index (χ1n) is 5.59. The molecular weight excluding hydrogens is 222 g/mol. The van der Waals surface area contributed by atoms with Gasteiger partial charge >= 0.3 is 5.97 Å². The van der Waals surface area contributed by atoms with Crippen LogP contribution in [0.15, 0.2) is 0 Å². The molecule has 0 bridgehead atoms. The number of thiazole rings is 1. The third kappa shape index (κ3) is 3.04. The maximum atomic E-state index is 11.1. The number of rotatable bonds is 4. The number of carboxylic acids is 1. The molecular formula is C12H19NO2S. The second kappa shape index (κ2) is 4.95. The minimum absolute atomic E-state index is 0.0701. The van der Waals surface area contributed by atoms with Crippen molar-refractivity contribution in [1.29, 1.82) is 0 Å². The van der Waals surface area contributed by atoms with Gasteiger partial charge in [0, 0.05) is 5.41 Å². The standard InChI is InChI=1S/C12H19NO2S/c1-5-6-7-8-9(10(14)15)16-11(13-8)12(2,3)4/h5-7H2,1-4H3,(H,14,15). The summed E-state index contributed by atoms with van der Waals surface area (Å²) in [5, 5.41) is 10.0. The van der Waals surface area contributed by atoms with Gasteiger partial charge < -0.3 is 5.11 Å². The van der Waals surface area contributed by atoms with Gasteiger partial charge in [-0.15, -0.1) is 11.3 Å². The molecule has 1 rings (SSSR count). The Labute approximate surface area is 101 Å². The molecule has 1 aromatic rings. The van der Waals surface area contributed by atoms with Gasteiger partial charge in [0.25, 0.3) is 0 Å². The normalized spacial score (nSPS) is 11.8. The lowest BCUT2D eigenvalue weighted by atomic mass is 9.98. The van der Waals surface area contributed by atoms with Crippen molar-refractivity contribution >= 4 is 17.3 Å². The zero-order valence-electron chi connectivity index (χ0n) is 10.3. The number of unbranched alkanes of at least 4 members (excludes halogenated alkanes) is 1. The molecule has 0 saturated carbocycles. The third-order valence-electron chi connectivity index (χ3n) is 2.30. The van der Waals surface area contributed by atoms with Gasteiger partial charge in [-0.25, -0.2) is 9.78 Å². The molecule has 0 unspecified atom stereocenters. The summed E-state index contributed by atoms with van der Waals surface area (Å²) in [6, 6.07) is 0. The van der Waals surface area contributed by atoms with Gasteiger partial charge in [0.2, 0.25) is 0 Å². The van der Waals surface area contributed by atoms with E-state index in [0.29, 0.717) is 4.88 Å². The van der Waals surface area contributed by atoms with E-state index >= 15 is 0 Å².